The molecular formula is C15H23N3O2. The van der Waals surface area contributed by atoms with Crippen LogP contribution in [-0.4, -0.2) is 43.1 Å². The number of nitrogens with two attached hydrogens (primary N) is 1. The molecule has 5 nitrogen and oxygen atoms in total. The lowest BCUT2D eigenvalue weighted by Gasteiger charge is -2.42. The molecule has 0 spiro atoms. The number of nitrogens with zero attached hydrogens (tertiary/aromatic N) is 1. The van der Waals surface area contributed by atoms with Gasteiger partial charge in [0.15, 0.2) is 0 Å². The Hall–Kier alpha value is -1.59. The van der Waals surface area contributed by atoms with Crippen LogP contribution < -0.4 is 10.5 Å². The number of rotatable bonds is 4. The third kappa shape index (κ3) is 3.11. The molecule has 0 amide bonds. The van der Waals surface area contributed by atoms with Crippen molar-refractivity contribution in [1.29, 1.82) is 5.41 Å². The van der Waals surface area contributed by atoms with Crippen LogP contribution in [0.15, 0.2) is 18.2 Å². The van der Waals surface area contributed by atoms with Crippen molar-refractivity contribution < 1.29 is 9.47 Å². The predicted molar refractivity (Wildman–Crippen MR) is 79.3 cm³/mol. The summed E-state index contributed by atoms with van der Waals surface area (Å²) in [5.74, 6) is 0.674. The van der Waals surface area contributed by atoms with E-state index in [9.17, 15) is 0 Å². The minimum Gasteiger partial charge on any atom is -0.496 e. The van der Waals surface area contributed by atoms with Crippen molar-refractivity contribution >= 4 is 5.84 Å². The van der Waals surface area contributed by atoms with Crippen LogP contribution in [0.1, 0.15) is 25.0 Å². The average Bonchev–Trinajstić information content (AvgIpc) is 2.41. The van der Waals surface area contributed by atoms with E-state index in [1.165, 1.54) is 0 Å². The summed E-state index contributed by atoms with van der Waals surface area (Å²) < 4.78 is 10.8. The van der Waals surface area contributed by atoms with E-state index in [0.717, 1.165) is 31.9 Å². The van der Waals surface area contributed by atoms with E-state index in [2.05, 4.69) is 18.7 Å². The molecule has 0 bridgehead atoms. The molecule has 1 aliphatic heterocycles. The van der Waals surface area contributed by atoms with Gasteiger partial charge in [0.05, 0.1) is 25.9 Å². The van der Waals surface area contributed by atoms with E-state index >= 15 is 0 Å². The lowest BCUT2D eigenvalue weighted by molar-refractivity contribution is -0.0552. The minimum atomic E-state index is 0.0224. The molecule has 1 fully saturated rings. The Morgan fingerprint density at radius 1 is 1.50 bits per heavy atom. The van der Waals surface area contributed by atoms with E-state index in [0.29, 0.717) is 11.3 Å². The van der Waals surface area contributed by atoms with E-state index < -0.39 is 0 Å². The highest BCUT2D eigenvalue weighted by Crippen LogP contribution is 2.24. The first-order valence-corrected chi connectivity index (χ1v) is 6.78. The van der Waals surface area contributed by atoms with Crippen molar-refractivity contribution in [2.75, 3.05) is 26.9 Å². The minimum absolute atomic E-state index is 0.0224. The molecule has 0 aliphatic carbocycles. The van der Waals surface area contributed by atoms with Crippen molar-refractivity contribution in [2.24, 2.45) is 5.73 Å². The lowest BCUT2D eigenvalue weighted by Crippen LogP contribution is -2.52. The molecule has 110 valence electrons. The zero-order valence-corrected chi connectivity index (χ0v) is 12.4. The molecule has 1 aromatic carbocycles. The summed E-state index contributed by atoms with van der Waals surface area (Å²) in [5.41, 5.74) is 7.42. The predicted octanol–water partition coefficient (Wildman–Crippen LogP) is 1.59. The van der Waals surface area contributed by atoms with E-state index in [4.69, 9.17) is 20.6 Å². The van der Waals surface area contributed by atoms with E-state index in [1.54, 1.807) is 7.11 Å². The Morgan fingerprint density at radius 3 is 2.85 bits per heavy atom. The fourth-order valence-electron chi connectivity index (χ4n) is 2.47. The molecule has 0 radical (unpaired) electrons. The molecule has 5 heteroatoms. The molecule has 0 aromatic heterocycles. The molecule has 0 saturated carbocycles. The third-order valence-electron chi connectivity index (χ3n) is 3.74. The summed E-state index contributed by atoms with van der Waals surface area (Å²) in [4.78, 5) is 2.39. The second-order valence-electron chi connectivity index (χ2n) is 5.73. The Balaban J connectivity index is 2.21. The van der Waals surface area contributed by atoms with Crippen molar-refractivity contribution in [1.82, 2.24) is 4.90 Å². The molecule has 20 heavy (non-hydrogen) atoms. The van der Waals surface area contributed by atoms with Gasteiger partial charge in [-0.25, -0.2) is 0 Å². The number of benzene rings is 1. The maximum atomic E-state index is 7.64. The Kier molecular flexibility index (Phi) is 4.30. The van der Waals surface area contributed by atoms with Crippen molar-refractivity contribution in [3.05, 3.63) is 29.3 Å². The second kappa shape index (κ2) is 5.81. The molecule has 1 saturated heterocycles. The highest BCUT2D eigenvalue weighted by molar-refractivity contribution is 5.97. The number of ether oxygens (including phenoxy) is 2. The lowest BCUT2D eigenvalue weighted by atomic mass is 10.0. The summed E-state index contributed by atoms with van der Waals surface area (Å²) in [6, 6.07) is 5.84. The van der Waals surface area contributed by atoms with Gasteiger partial charge in [-0.1, -0.05) is 6.07 Å². The van der Waals surface area contributed by atoms with Crippen LogP contribution in [0.4, 0.5) is 0 Å². The number of hydrogen-bond donors (Lipinski definition) is 2. The summed E-state index contributed by atoms with van der Waals surface area (Å²) in [5, 5.41) is 7.64. The molecule has 2 rings (SSSR count). The number of methoxy groups -OCH3 is 1. The van der Waals surface area contributed by atoms with Crippen LogP contribution in [0, 0.1) is 5.41 Å². The Labute approximate surface area is 120 Å². The maximum absolute atomic E-state index is 7.64. The Morgan fingerprint density at radius 2 is 2.25 bits per heavy atom. The van der Waals surface area contributed by atoms with Gasteiger partial charge >= 0.3 is 0 Å². The SMILES string of the molecule is COc1ccc(CN2CCOCC2(C)C)cc1C(=N)N. The van der Waals surface area contributed by atoms with Gasteiger partial charge in [0.2, 0.25) is 0 Å². The van der Waals surface area contributed by atoms with Crippen LogP contribution >= 0.6 is 0 Å². The zero-order valence-electron chi connectivity index (χ0n) is 12.4. The largest absolute Gasteiger partial charge is 0.496 e. The normalized spacial score (nSPS) is 18.8. The van der Waals surface area contributed by atoms with Crippen LogP contribution in [0.2, 0.25) is 0 Å². The first-order chi connectivity index (χ1) is 9.44. The monoisotopic (exact) mass is 277 g/mol. The summed E-state index contributed by atoms with van der Waals surface area (Å²) in [6.07, 6.45) is 0. The number of amidine groups is 1. The third-order valence-corrected chi connectivity index (χ3v) is 3.74. The molecule has 1 aromatic rings. The standard InChI is InChI=1S/C15H23N3O2/c1-15(2)10-20-7-6-18(15)9-11-4-5-13(19-3)12(8-11)14(16)17/h4-5,8H,6-7,9-10H2,1-3H3,(H3,16,17). The van der Waals surface area contributed by atoms with Gasteiger partial charge in [-0.3, -0.25) is 10.3 Å². The van der Waals surface area contributed by atoms with Gasteiger partial charge in [-0.05, 0) is 31.5 Å². The van der Waals surface area contributed by atoms with Gasteiger partial charge in [-0.2, -0.15) is 0 Å². The van der Waals surface area contributed by atoms with Crippen LogP contribution in [0.3, 0.4) is 0 Å². The highest BCUT2D eigenvalue weighted by atomic mass is 16.5. The molecule has 1 aliphatic rings. The maximum Gasteiger partial charge on any atom is 0.129 e. The van der Waals surface area contributed by atoms with E-state index in [1.807, 2.05) is 18.2 Å². The molecule has 0 unspecified atom stereocenters. The summed E-state index contributed by atoms with van der Waals surface area (Å²) in [6.45, 7) is 7.60. The number of hydrogen-bond acceptors (Lipinski definition) is 4. The fraction of sp³-hybridized carbons (Fsp3) is 0.533. The van der Waals surface area contributed by atoms with E-state index in [-0.39, 0.29) is 11.4 Å². The van der Waals surface area contributed by atoms with Crippen molar-refractivity contribution in [3.63, 3.8) is 0 Å². The first kappa shape index (κ1) is 14.8. The number of morpholine rings is 1. The smallest absolute Gasteiger partial charge is 0.129 e. The topological polar surface area (TPSA) is 71.6 Å². The Bertz CT molecular complexity index is 500. The van der Waals surface area contributed by atoms with Gasteiger partial charge in [0.1, 0.15) is 11.6 Å². The highest BCUT2D eigenvalue weighted by Gasteiger charge is 2.30. The zero-order chi connectivity index (χ0) is 14.8. The van der Waals surface area contributed by atoms with Crippen LogP contribution in [-0.2, 0) is 11.3 Å². The van der Waals surface area contributed by atoms with Gasteiger partial charge in [-0.15, -0.1) is 0 Å². The van der Waals surface area contributed by atoms with Crippen LogP contribution in [0.5, 0.6) is 5.75 Å². The van der Waals surface area contributed by atoms with Gasteiger partial charge < -0.3 is 15.2 Å². The summed E-state index contributed by atoms with van der Waals surface area (Å²) in [7, 11) is 1.59. The summed E-state index contributed by atoms with van der Waals surface area (Å²) >= 11 is 0. The number of nitrogen functional groups attached to an aromatic ring is 1. The average molecular weight is 277 g/mol. The number of nitrogens with one attached hydrogen (secondary N) is 1. The van der Waals surface area contributed by atoms with Crippen molar-refractivity contribution in [3.8, 4) is 5.75 Å². The quantitative estimate of drug-likeness (QED) is 0.647. The second-order valence-corrected chi connectivity index (χ2v) is 5.73. The van der Waals surface area contributed by atoms with Gasteiger partial charge in [0, 0.05) is 18.6 Å². The first-order valence-electron chi connectivity index (χ1n) is 6.78. The molecule has 0 atom stereocenters. The molecule has 1 heterocycles. The van der Waals surface area contributed by atoms with Crippen molar-refractivity contribution in [2.45, 2.75) is 25.9 Å². The molecule has 3 N–H and O–H groups in total. The molecular weight excluding hydrogens is 254 g/mol. The van der Waals surface area contributed by atoms with Gasteiger partial charge in [0.25, 0.3) is 0 Å². The fourth-order valence-corrected chi connectivity index (χ4v) is 2.47. The van der Waals surface area contributed by atoms with Crippen LogP contribution in [0.25, 0.3) is 0 Å².